The number of amides is 2. The first kappa shape index (κ1) is 52.9. The number of terminal acetylenes is 1. The number of hydrogen-bond donors (Lipinski definition) is 4. The molecule has 4 unspecified atom stereocenters. The molecule has 362 valence electrons. The Kier molecular flexibility index (Phi) is 23.0. The van der Waals surface area contributed by atoms with Crippen LogP contribution in [0.2, 0.25) is 0 Å². The van der Waals surface area contributed by atoms with Gasteiger partial charge in [-0.2, -0.15) is 15.0 Å². The number of unbranched alkanes of at least 4 members (excludes halogenated alkanes) is 2. The van der Waals surface area contributed by atoms with Gasteiger partial charge in [0.15, 0.2) is 6.04 Å². The van der Waals surface area contributed by atoms with Crippen LogP contribution in [0.25, 0.3) is 0 Å². The van der Waals surface area contributed by atoms with Crippen LogP contribution in [0.5, 0.6) is 0 Å². The monoisotopic (exact) mass is 932 g/mol. The molecule has 23 heteroatoms. The summed E-state index contributed by atoms with van der Waals surface area (Å²) in [4.78, 5) is 50.4. The van der Waals surface area contributed by atoms with Crippen molar-refractivity contribution in [3.05, 3.63) is 23.8 Å². The number of quaternary nitrogens is 2. The van der Waals surface area contributed by atoms with Crippen molar-refractivity contribution in [2.75, 3.05) is 127 Å². The molecule has 0 bridgehead atoms. The summed E-state index contributed by atoms with van der Waals surface area (Å²) in [6.45, 7) is 14.0. The quantitative estimate of drug-likeness (QED) is 0.0395. The summed E-state index contributed by atoms with van der Waals surface area (Å²) < 4.78 is 19.8. The third-order valence-corrected chi connectivity index (χ3v) is 11.5. The summed E-state index contributed by atoms with van der Waals surface area (Å²) in [7, 11) is 0. The average molecular weight is 933 g/mol. The highest BCUT2D eigenvalue weighted by atomic mass is 35.5. The number of nitrogens with zero attached hydrogens (tertiary/aromatic N) is 13. The Hall–Kier alpha value is -4.76. The molecule has 5 rings (SSSR count). The van der Waals surface area contributed by atoms with Crippen LogP contribution in [0.4, 0.5) is 17.8 Å². The maximum atomic E-state index is 14.2. The Morgan fingerprint density at radius 2 is 1.22 bits per heavy atom. The van der Waals surface area contributed by atoms with E-state index in [4.69, 9.17) is 35.6 Å². The van der Waals surface area contributed by atoms with E-state index in [2.05, 4.69) is 62.1 Å². The van der Waals surface area contributed by atoms with Gasteiger partial charge in [0.05, 0.1) is 63.6 Å². The number of halogens is 1. The van der Waals surface area contributed by atoms with Gasteiger partial charge in [-0.25, -0.2) is 9.36 Å². The summed E-state index contributed by atoms with van der Waals surface area (Å²) >= 11 is 0. The van der Waals surface area contributed by atoms with Gasteiger partial charge in [-0.05, 0) is 51.4 Å². The van der Waals surface area contributed by atoms with Crippen LogP contribution in [-0.4, -0.2) is 189 Å². The lowest BCUT2D eigenvalue weighted by Crippen LogP contribution is -3.00. The zero-order chi connectivity index (χ0) is 45.7. The molecular weight excluding hydrogens is 860 g/mol. The van der Waals surface area contributed by atoms with Crippen molar-refractivity contribution in [1.82, 2.24) is 54.7 Å². The van der Waals surface area contributed by atoms with Gasteiger partial charge in [-0.15, -0.1) is 16.6 Å². The van der Waals surface area contributed by atoms with Crippen molar-refractivity contribution < 1.29 is 52.8 Å². The minimum absolute atomic E-state index is 0. The number of aryl methyl sites for hydroxylation is 2. The lowest BCUT2D eigenvalue weighted by atomic mass is 9.97. The second-order valence-corrected chi connectivity index (χ2v) is 16.3. The number of anilines is 3. The molecule has 3 aromatic heterocycles. The highest BCUT2D eigenvalue weighted by Gasteiger charge is 2.35. The molecular formula is C42H72ClN16O6+. The molecule has 0 aromatic carbocycles. The largest absolute Gasteiger partial charge is 1.00 e. The van der Waals surface area contributed by atoms with Crippen molar-refractivity contribution in [3.8, 4) is 12.3 Å². The van der Waals surface area contributed by atoms with Gasteiger partial charge in [-0.3, -0.25) is 9.59 Å². The van der Waals surface area contributed by atoms with E-state index in [-0.39, 0.29) is 36.7 Å². The highest BCUT2D eigenvalue weighted by molar-refractivity contribution is 5.81. The second-order valence-electron chi connectivity index (χ2n) is 16.3. The molecule has 0 radical (unpaired) electrons. The van der Waals surface area contributed by atoms with Crippen LogP contribution in [0.3, 0.4) is 0 Å². The molecule has 0 spiro atoms. The SMILES string of the molecule is C#CCOCCOCCOCCNc1nc(N2CCN(C(=O)C(C(C)O)n3cc(CCCC[NH3+])nn3)CC2)nc(N2CCN(C(=O)C(C(C)CC)n3cc(CCCC[NH3+])nn3)CC2)n1.[Cl-]. The number of aliphatic hydroxyl groups is 1. The fourth-order valence-corrected chi connectivity index (χ4v) is 7.62. The fraction of sp³-hybridized carbons (Fsp3) is 0.738. The van der Waals surface area contributed by atoms with Gasteiger partial charge < -0.3 is 68.1 Å². The Balaban J connectivity index is 0.00000925. The molecule has 0 saturated carbocycles. The molecule has 0 aliphatic carbocycles. The number of rotatable bonds is 28. The first-order valence-electron chi connectivity index (χ1n) is 23.0. The summed E-state index contributed by atoms with van der Waals surface area (Å²) in [5.74, 6) is 3.66. The molecule has 2 amide bonds. The number of piperazine rings is 2. The fourth-order valence-electron chi connectivity index (χ4n) is 7.62. The molecule has 2 fully saturated rings. The maximum Gasteiger partial charge on any atom is 0.250 e. The van der Waals surface area contributed by atoms with Crippen LogP contribution in [-0.2, 0) is 36.6 Å². The van der Waals surface area contributed by atoms with Gasteiger partial charge in [0, 0.05) is 71.3 Å². The Morgan fingerprint density at radius 3 is 1.69 bits per heavy atom. The van der Waals surface area contributed by atoms with E-state index in [0.29, 0.717) is 110 Å². The van der Waals surface area contributed by atoms with E-state index >= 15 is 0 Å². The molecule has 3 aromatic rings. The van der Waals surface area contributed by atoms with Crippen molar-refractivity contribution in [2.45, 2.75) is 83.9 Å². The van der Waals surface area contributed by atoms with Crippen molar-refractivity contribution in [3.63, 3.8) is 0 Å². The summed E-state index contributed by atoms with van der Waals surface area (Å²) in [5, 5.41) is 31.3. The van der Waals surface area contributed by atoms with Crippen molar-refractivity contribution in [2.24, 2.45) is 5.92 Å². The number of ether oxygens (including phenoxy) is 3. The van der Waals surface area contributed by atoms with Crippen LogP contribution >= 0.6 is 0 Å². The molecule has 2 saturated heterocycles. The van der Waals surface area contributed by atoms with Crippen molar-refractivity contribution >= 4 is 29.7 Å². The van der Waals surface area contributed by atoms with Crippen molar-refractivity contribution in [1.29, 1.82) is 0 Å². The number of nitrogens with one attached hydrogen (secondary N) is 1. The summed E-state index contributed by atoms with van der Waals surface area (Å²) in [6.07, 6.45) is 14.2. The van der Waals surface area contributed by atoms with E-state index < -0.39 is 18.2 Å². The smallest absolute Gasteiger partial charge is 0.250 e. The third kappa shape index (κ3) is 16.0. The van der Waals surface area contributed by atoms with E-state index in [0.717, 1.165) is 69.4 Å². The molecule has 5 heterocycles. The third-order valence-electron chi connectivity index (χ3n) is 11.5. The van der Waals surface area contributed by atoms with Crippen LogP contribution < -0.4 is 39.0 Å². The zero-order valence-corrected chi connectivity index (χ0v) is 39.4. The van der Waals surface area contributed by atoms with E-state index in [1.165, 1.54) is 4.68 Å². The van der Waals surface area contributed by atoms with Gasteiger partial charge in [0.25, 0.3) is 0 Å². The number of aliphatic hydroxyl groups excluding tert-OH is 1. The molecule has 4 atom stereocenters. The standard InChI is InChI=1S/C42H70N16O6.ClH/c1-5-24-62-26-28-64-29-27-63-25-15-45-40-46-41(55-20-16-53(17-21-55)38(60)36(32(3)6-2)57-30-34(49-51-57)11-7-9-13-43)48-42(47-40)56-22-18-54(19-23-56)39(61)37(33(4)59)58-31-35(50-52-58)12-8-10-14-44;/h1,30-33,36-37,59H,6-29,43-44H2,2-4H3,(H,45,46,47,48);1H/p+1. The second kappa shape index (κ2) is 28.3. The minimum atomic E-state index is -0.972. The first-order valence-corrected chi connectivity index (χ1v) is 23.0. The number of carbonyl (C=O) groups is 2. The number of aromatic nitrogens is 9. The van der Waals surface area contributed by atoms with E-state index in [9.17, 15) is 14.7 Å². The summed E-state index contributed by atoms with van der Waals surface area (Å²) in [5.41, 5.74) is 9.50. The predicted molar refractivity (Wildman–Crippen MR) is 238 cm³/mol. The van der Waals surface area contributed by atoms with Crippen LogP contribution in [0.15, 0.2) is 12.4 Å². The molecule has 65 heavy (non-hydrogen) atoms. The van der Waals surface area contributed by atoms with Gasteiger partial charge >= 0.3 is 0 Å². The lowest BCUT2D eigenvalue weighted by Gasteiger charge is -2.38. The lowest BCUT2D eigenvalue weighted by molar-refractivity contribution is -0.368. The first-order chi connectivity index (χ1) is 31.2. The Morgan fingerprint density at radius 1 is 0.738 bits per heavy atom. The van der Waals surface area contributed by atoms with E-state index in [1.807, 2.05) is 16.0 Å². The van der Waals surface area contributed by atoms with Crippen LogP contribution in [0, 0.1) is 18.3 Å². The number of carbonyl (C=O) groups excluding carboxylic acids is 2. The topological polar surface area (TPSA) is 262 Å². The van der Waals surface area contributed by atoms with Gasteiger partial charge in [-0.1, -0.05) is 36.6 Å². The highest BCUT2D eigenvalue weighted by Crippen LogP contribution is 2.26. The van der Waals surface area contributed by atoms with Crippen LogP contribution in [0.1, 0.15) is 76.3 Å². The normalized spacial score (nSPS) is 16.1. The maximum absolute atomic E-state index is 14.2. The number of hydrogen-bond acceptors (Lipinski definition) is 16. The summed E-state index contributed by atoms with van der Waals surface area (Å²) in [6, 6.07) is -1.34. The zero-order valence-electron chi connectivity index (χ0n) is 38.6. The molecule has 22 nitrogen and oxygen atoms in total. The van der Waals surface area contributed by atoms with E-state index in [1.54, 1.807) is 22.7 Å². The van der Waals surface area contributed by atoms with Gasteiger partial charge in [0.1, 0.15) is 12.6 Å². The molecule has 8 N–H and O–H groups in total. The predicted octanol–water partition coefficient (Wildman–Crippen LogP) is -4.51. The Labute approximate surface area is 388 Å². The molecule has 2 aliphatic rings. The molecule has 2 aliphatic heterocycles. The van der Waals surface area contributed by atoms with Gasteiger partial charge in [0.2, 0.25) is 29.7 Å². The average Bonchev–Trinajstić information content (AvgIpc) is 3.98. The Bertz CT molecular complexity index is 1880. The minimum Gasteiger partial charge on any atom is -1.00 e.